The molecule has 3 heterocycles. The number of nitrogen functional groups attached to an aromatic ring is 1. The van der Waals surface area contributed by atoms with E-state index in [0.717, 1.165) is 0 Å². The van der Waals surface area contributed by atoms with E-state index in [0.29, 0.717) is 17.0 Å². The number of nitrogens with two attached hydrogens (primary N) is 1. The second-order valence-corrected chi connectivity index (χ2v) is 4.76. The molecule has 0 aliphatic carbocycles. The Hall–Kier alpha value is -2.97. The molecule has 1 aliphatic heterocycles. The van der Waals surface area contributed by atoms with Gasteiger partial charge in [-0.25, -0.2) is 4.98 Å². The van der Waals surface area contributed by atoms with E-state index < -0.39 is 6.29 Å². The monoisotopic (exact) mass is 305 g/mol. The molecule has 3 aromatic rings. The van der Waals surface area contributed by atoms with Crippen LogP contribution in [-0.2, 0) is 0 Å². The number of hydrogen-bond acceptors (Lipinski definition) is 6. The van der Waals surface area contributed by atoms with Crippen LogP contribution in [0, 0.1) is 6.92 Å². The van der Waals surface area contributed by atoms with Crippen molar-refractivity contribution in [1.82, 2.24) is 19.6 Å². The van der Waals surface area contributed by atoms with E-state index in [1.165, 1.54) is 10.6 Å². The molecule has 0 atom stereocenters. The number of nitrogens with zero attached hydrogens (tertiary/aromatic N) is 4. The van der Waals surface area contributed by atoms with Gasteiger partial charge in [0.2, 0.25) is 5.95 Å². The lowest BCUT2D eigenvalue weighted by Gasteiger charge is -2.09. The van der Waals surface area contributed by atoms with Crippen LogP contribution in [0.5, 0.6) is 11.5 Å². The highest BCUT2D eigenvalue weighted by Crippen LogP contribution is 2.46. The van der Waals surface area contributed by atoms with Gasteiger partial charge in [0.1, 0.15) is 0 Å². The van der Waals surface area contributed by atoms with Crippen LogP contribution in [-0.4, -0.2) is 25.9 Å². The lowest BCUT2D eigenvalue weighted by Crippen LogP contribution is -2.26. The zero-order chi connectivity index (χ0) is 15.5. The first-order chi connectivity index (χ1) is 10.4. The second kappa shape index (κ2) is 4.03. The van der Waals surface area contributed by atoms with Crippen LogP contribution in [0.3, 0.4) is 0 Å². The predicted octanol–water partition coefficient (Wildman–Crippen LogP) is 2.00. The van der Waals surface area contributed by atoms with Crippen molar-refractivity contribution in [3.8, 4) is 22.8 Å². The Labute approximate surface area is 122 Å². The van der Waals surface area contributed by atoms with Gasteiger partial charge in [-0.2, -0.15) is 9.50 Å². The maximum Gasteiger partial charge on any atom is 0.586 e. The fourth-order valence-corrected chi connectivity index (χ4v) is 2.37. The van der Waals surface area contributed by atoms with E-state index >= 15 is 0 Å². The third-order valence-corrected chi connectivity index (χ3v) is 3.16. The van der Waals surface area contributed by atoms with Crippen molar-refractivity contribution in [2.24, 2.45) is 0 Å². The fraction of sp³-hybridized carbons (Fsp3) is 0.154. The third kappa shape index (κ3) is 1.82. The molecule has 0 amide bonds. The van der Waals surface area contributed by atoms with Gasteiger partial charge >= 0.3 is 6.29 Å². The molecule has 1 aromatic carbocycles. The number of aryl methyl sites for hydroxylation is 1. The van der Waals surface area contributed by atoms with E-state index in [2.05, 4.69) is 24.5 Å². The quantitative estimate of drug-likeness (QED) is 0.740. The number of fused-ring (bicyclic) bond motifs is 2. The van der Waals surface area contributed by atoms with Crippen LogP contribution in [0.4, 0.5) is 14.7 Å². The molecule has 0 unspecified atom stereocenters. The lowest BCUT2D eigenvalue weighted by atomic mass is 10.1. The van der Waals surface area contributed by atoms with Gasteiger partial charge in [-0.3, -0.25) is 0 Å². The van der Waals surface area contributed by atoms with Crippen molar-refractivity contribution < 1.29 is 18.3 Å². The van der Waals surface area contributed by atoms with Gasteiger partial charge in [0.15, 0.2) is 11.5 Å². The minimum Gasteiger partial charge on any atom is -0.395 e. The maximum atomic E-state index is 13.3. The number of aromatic nitrogens is 4. The van der Waals surface area contributed by atoms with Gasteiger partial charge in [0, 0.05) is 11.3 Å². The Bertz CT molecular complexity index is 909. The van der Waals surface area contributed by atoms with E-state index in [4.69, 9.17) is 5.73 Å². The van der Waals surface area contributed by atoms with Crippen molar-refractivity contribution in [1.29, 1.82) is 0 Å². The minimum atomic E-state index is -3.69. The summed E-state index contributed by atoms with van der Waals surface area (Å²) >= 11 is 0. The van der Waals surface area contributed by atoms with Crippen LogP contribution < -0.4 is 15.2 Å². The Morgan fingerprint density at radius 3 is 2.86 bits per heavy atom. The summed E-state index contributed by atoms with van der Waals surface area (Å²) in [6.45, 7) is 1.75. The largest absolute Gasteiger partial charge is 0.586 e. The Morgan fingerprint density at radius 2 is 2.05 bits per heavy atom. The molecular formula is C13H9F2N5O2. The highest BCUT2D eigenvalue weighted by atomic mass is 19.3. The van der Waals surface area contributed by atoms with Gasteiger partial charge in [0.05, 0.1) is 5.69 Å². The summed E-state index contributed by atoms with van der Waals surface area (Å²) in [5, 5.41) is 4.03. The van der Waals surface area contributed by atoms with Gasteiger partial charge in [-0.1, -0.05) is 6.07 Å². The summed E-state index contributed by atoms with van der Waals surface area (Å²) in [6, 6.07) is 6.29. The molecule has 9 heteroatoms. The molecule has 7 nitrogen and oxygen atoms in total. The van der Waals surface area contributed by atoms with Crippen LogP contribution in [0.1, 0.15) is 5.69 Å². The molecular weight excluding hydrogens is 296 g/mol. The molecule has 4 rings (SSSR count). The van der Waals surface area contributed by atoms with Gasteiger partial charge in [0.25, 0.3) is 5.78 Å². The van der Waals surface area contributed by atoms with Crippen molar-refractivity contribution in [2.45, 2.75) is 13.2 Å². The molecule has 2 aromatic heterocycles. The van der Waals surface area contributed by atoms with Crippen LogP contribution >= 0.6 is 0 Å². The first-order valence-corrected chi connectivity index (χ1v) is 6.32. The standard InChI is InChI=1S/C13H9F2N5O2/c1-6-5-8(20-12(17-6)18-11(16)19-20)7-3-2-4-9-10(7)22-13(14,15)21-9/h2-5H,1H3,(H2,16,19). The SMILES string of the molecule is Cc1cc(-c2cccc3c2OC(F)(F)O3)n2nc(N)nc2n1. The lowest BCUT2D eigenvalue weighted by molar-refractivity contribution is -0.286. The van der Waals surface area contributed by atoms with Gasteiger partial charge < -0.3 is 15.2 Å². The highest BCUT2D eigenvalue weighted by Gasteiger charge is 2.44. The van der Waals surface area contributed by atoms with Crippen LogP contribution in [0.2, 0.25) is 0 Å². The summed E-state index contributed by atoms with van der Waals surface area (Å²) in [4.78, 5) is 8.17. The molecule has 0 spiro atoms. The predicted molar refractivity (Wildman–Crippen MR) is 71.6 cm³/mol. The molecule has 0 saturated carbocycles. The number of ether oxygens (including phenoxy) is 2. The first-order valence-electron chi connectivity index (χ1n) is 6.32. The third-order valence-electron chi connectivity index (χ3n) is 3.16. The summed E-state index contributed by atoms with van der Waals surface area (Å²) in [5.41, 5.74) is 7.08. The first kappa shape index (κ1) is 12.7. The number of rotatable bonds is 1. The Balaban J connectivity index is 2.00. The average molecular weight is 305 g/mol. The second-order valence-electron chi connectivity index (χ2n) is 4.76. The van der Waals surface area contributed by atoms with E-state index in [1.54, 1.807) is 25.1 Å². The number of para-hydroxylation sites is 1. The Morgan fingerprint density at radius 1 is 1.23 bits per heavy atom. The van der Waals surface area contributed by atoms with Crippen LogP contribution in [0.25, 0.3) is 17.0 Å². The summed E-state index contributed by atoms with van der Waals surface area (Å²) in [5.74, 6) is 0.205. The zero-order valence-electron chi connectivity index (χ0n) is 11.2. The summed E-state index contributed by atoms with van der Waals surface area (Å²) in [7, 11) is 0. The van der Waals surface area contributed by atoms with Gasteiger partial charge in [-0.05, 0) is 25.1 Å². The average Bonchev–Trinajstić information content (AvgIpc) is 2.94. The molecule has 1 aliphatic rings. The number of benzene rings is 1. The topological polar surface area (TPSA) is 87.6 Å². The van der Waals surface area contributed by atoms with Crippen LogP contribution in [0.15, 0.2) is 24.3 Å². The number of hydrogen-bond donors (Lipinski definition) is 1. The number of anilines is 1. The van der Waals surface area contributed by atoms with E-state index in [1.807, 2.05) is 0 Å². The normalized spacial score (nSPS) is 15.4. The Kier molecular flexibility index (Phi) is 2.33. The molecule has 22 heavy (non-hydrogen) atoms. The van der Waals surface area contributed by atoms with Crippen molar-refractivity contribution in [3.63, 3.8) is 0 Å². The number of halogens is 2. The maximum absolute atomic E-state index is 13.3. The summed E-state index contributed by atoms with van der Waals surface area (Å²) in [6.07, 6.45) is -3.69. The van der Waals surface area contributed by atoms with Crippen molar-refractivity contribution in [2.75, 3.05) is 5.73 Å². The molecule has 2 N–H and O–H groups in total. The molecule has 0 fully saturated rings. The number of alkyl halides is 2. The summed E-state index contributed by atoms with van der Waals surface area (Å²) < 4.78 is 37.1. The van der Waals surface area contributed by atoms with E-state index in [9.17, 15) is 8.78 Å². The van der Waals surface area contributed by atoms with Gasteiger partial charge in [-0.15, -0.1) is 13.9 Å². The highest BCUT2D eigenvalue weighted by molar-refractivity contribution is 5.73. The van der Waals surface area contributed by atoms with Crippen molar-refractivity contribution in [3.05, 3.63) is 30.0 Å². The van der Waals surface area contributed by atoms with Crippen molar-refractivity contribution >= 4 is 11.7 Å². The molecule has 112 valence electrons. The minimum absolute atomic E-state index is 0.0365. The molecule has 0 bridgehead atoms. The fourth-order valence-electron chi connectivity index (χ4n) is 2.37. The smallest absolute Gasteiger partial charge is 0.395 e. The molecule has 0 radical (unpaired) electrons. The van der Waals surface area contributed by atoms with E-state index in [-0.39, 0.29) is 23.2 Å². The molecule has 0 saturated heterocycles. The zero-order valence-corrected chi connectivity index (χ0v) is 11.2.